The largest absolute Gasteiger partial charge is 0.514 e. The summed E-state index contributed by atoms with van der Waals surface area (Å²) in [7, 11) is -1.92. The van der Waals surface area contributed by atoms with Crippen LogP contribution in [0.15, 0.2) is 216 Å². The van der Waals surface area contributed by atoms with E-state index in [0.717, 1.165) is 26.7 Å². The Balaban J connectivity index is 0.000000212. The fourth-order valence-corrected chi connectivity index (χ4v) is 12.0. The second-order valence-electron chi connectivity index (χ2n) is 26.6. The lowest BCUT2D eigenvalue weighted by molar-refractivity contribution is 0.0185. The molecule has 0 amide bonds. The number of carbonyl (C=O) groups excluding carboxylic acids is 6. The number of carbonyl (C=O) groups is 6. The van der Waals surface area contributed by atoms with Crippen LogP contribution < -0.4 is 9.47 Å². The summed E-state index contributed by atoms with van der Waals surface area (Å²) in [6.07, 6.45) is 10.2. The number of ketones is 4. The third-order valence-electron chi connectivity index (χ3n) is 16.4. The van der Waals surface area contributed by atoms with Crippen molar-refractivity contribution in [2.75, 3.05) is 0 Å². The van der Waals surface area contributed by atoms with Crippen LogP contribution >= 0.6 is 31.9 Å². The normalized spacial score (nSPS) is 10.8. The molecule has 6 aromatic carbocycles. The molecule has 0 bridgehead atoms. The van der Waals surface area contributed by atoms with Gasteiger partial charge in [0.1, 0.15) is 33.8 Å². The first kappa shape index (κ1) is 88.8. The maximum atomic E-state index is 15.3. The van der Waals surface area contributed by atoms with Crippen LogP contribution in [0.1, 0.15) is 135 Å². The molecule has 0 aliphatic carbocycles. The van der Waals surface area contributed by atoms with Gasteiger partial charge in [-0.3, -0.25) is 19.2 Å². The SMILES string of the molecule is C.C.C.C.CB(O)n1cc(C(=O)c2cccc(OC(=O)OC(C)(C)C)c2F)c2cc(-c3ccccc3)cnc21.CB(O)n1cc(C(=O)c2cccc(OC(=O)OC(C)(C)C)c2F)c2cc(Br)cnc21.O=C(c1cccc(O)c1F)c1c[nH]c2ncc(-c3ccccc3)cc12.O=C(c1cccc(O)c1F)c1c[nH]c2ncc(Br)cc12. The highest BCUT2D eigenvalue weighted by molar-refractivity contribution is 9.10. The molecule has 588 valence electrons. The van der Waals surface area contributed by atoms with Gasteiger partial charge in [0.25, 0.3) is 0 Å². The van der Waals surface area contributed by atoms with Crippen molar-refractivity contribution in [1.29, 1.82) is 0 Å². The number of aromatic hydroxyl groups is 2. The zero-order valence-corrected chi connectivity index (χ0v) is 62.8. The molecular formula is C84H80B2Br2F4N8O14. The summed E-state index contributed by atoms with van der Waals surface area (Å²) < 4.78 is 82.4. The predicted octanol–water partition coefficient (Wildman–Crippen LogP) is 20.0. The summed E-state index contributed by atoms with van der Waals surface area (Å²) >= 11 is 6.59. The first-order valence-electron chi connectivity index (χ1n) is 33.5. The third-order valence-corrected chi connectivity index (χ3v) is 17.2. The Labute approximate surface area is 671 Å². The molecule has 114 heavy (non-hydrogen) atoms. The molecule has 0 aliphatic rings. The number of aromatic nitrogens is 8. The van der Waals surface area contributed by atoms with Crippen molar-refractivity contribution in [2.24, 2.45) is 0 Å². The Hall–Kier alpha value is -12.4. The Bertz CT molecular complexity index is 5890. The molecule has 0 radical (unpaired) electrons. The Morgan fingerprint density at radius 2 is 0.728 bits per heavy atom. The summed E-state index contributed by atoms with van der Waals surface area (Å²) in [5.41, 5.74) is 3.66. The number of pyridine rings is 4. The molecule has 0 unspecified atom stereocenters. The van der Waals surface area contributed by atoms with Crippen molar-refractivity contribution in [1.82, 2.24) is 38.9 Å². The zero-order valence-electron chi connectivity index (χ0n) is 59.6. The van der Waals surface area contributed by atoms with Gasteiger partial charge in [0, 0.05) is 113 Å². The average Bonchev–Trinajstić information content (AvgIpc) is 1.61. The van der Waals surface area contributed by atoms with E-state index in [2.05, 4.69) is 61.8 Å². The van der Waals surface area contributed by atoms with E-state index in [-0.39, 0.29) is 63.1 Å². The van der Waals surface area contributed by atoms with Crippen LogP contribution in [-0.4, -0.2) is 120 Å². The van der Waals surface area contributed by atoms with Crippen LogP contribution in [0.5, 0.6) is 23.0 Å². The first-order chi connectivity index (χ1) is 52.2. The van der Waals surface area contributed by atoms with Gasteiger partial charge < -0.3 is 58.1 Å². The number of nitrogens with one attached hydrogen (secondary N) is 2. The molecular weight excluding hydrogens is 1600 g/mol. The second-order valence-corrected chi connectivity index (χ2v) is 28.4. The minimum Gasteiger partial charge on any atom is -0.505 e. The van der Waals surface area contributed by atoms with Gasteiger partial charge in [-0.05, 0) is 171 Å². The second kappa shape index (κ2) is 37.3. The summed E-state index contributed by atoms with van der Waals surface area (Å²) in [6, 6.07) is 42.0. The van der Waals surface area contributed by atoms with E-state index >= 15 is 8.78 Å². The van der Waals surface area contributed by atoms with E-state index in [1.54, 1.807) is 78.3 Å². The van der Waals surface area contributed by atoms with Crippen LogP contribution in [-0.2, 0) is 9.47 Å². The Kier molecular flexibility index (Phi) is 29.1. The van der Waals surface area contributed by atoms with Crippen molar-refractivity contribution >= 4 is 126 Å². The van der Waals surface area contributed by atoms with Gasteiger partial charge in [-0.2, -0.15) is 0 Å². The number of halogens is 6. The highest BCUT2D eigenvalue weighted by Gasteiger charge is 2.30. The van der Waals surface area contributed by atoms with Crippen molar-refractivity contribution in [3.63, 3.8) is 0 Å². The lowest BCUT2D eigenvalue weighted by Gasteiger charge is -2.19. The number of ether oxygens (including phenoxy) is 4. The Morgan fingerprint density at radius 3 is 1.13 bits per heavy atom. The Morgan fingerprint density at radius 1 is 0.404 bits per heavy atom. The van der Waals surface area contributed by atoms with E-state index in [0.29, 0.717) is 59.7 Å². The van der Waals surface area contributed by atoms with Crippen molar-refractivity contribution in [2.45, 2.75) is 96.1 Å². The number of benzene rings is 6. The maximum absolute atomic E-state index is 15.3. The fraction of sp³-hybridized carbons (Fsp3) is 0.167. The van der Waals surface area contributed by atoms with Crippen molar-refractivity contribution in [3.05, 3.63) is 284 Å². The molecule has 8 heterocycles. The average molecular weight is 1680 g/mol. The van der Waals surface area contributed by atoms with E-state index in [9.17, 15) is 57.8 Å². The zero-order chi connectivity index (χ0) is 79.2. The van der Waals surface area contributed by atoms with Gasteiger partial charge in [0.15, 0.2) is 69.4 Å². The number of H-pyrrole nitrogens is 2. The number of fused-ring (bicyclic) bond motifs is 4. The number of phenols is 2. The number of phenolic OH excluding ortho intramolecular Hbond substituents is 2. The van der Waals surface area contributed by atoms with E-state index in [1.165, 1.54) is 126 Å². The van der Waals surface area contributed by atoms with Crippen LogP contribution in [0.4, 0.5) is 27.2 Å². The molecule has 0 fully saturated rings. The van der Waals surface area contributed by atoms with Crippen LogP contribution in [0.2, 0.25) is 13.6 Å². The van der Waals surface area contributed by atoms with Crippen LogP contribution in [0.25, 0.3) is 66.4 Å². The molecule has 14 rings (SSSR count). The molecule has 0 saturated heterocycles. The maximum Gasteiger partial charge on any atom is 0.514 e. The number of hydrogen-bond acceptors (Lipinski definition) is 18. The number of nitrogens with zero attached hydrogens (tertiary/aromatic N) is 6. The molecule has 0 spiro atoms. The van der Waals surface area contributed by atoms with Gasteiger partial charge in [-0.25, -0.2) is 47.1 Å². The van der Waals surface area contributed by atoms with Gasteiger partial charge in [-0.15, -0.1) is 0 Å². The molecule has 0 atom stereocenters. The summed E-state index contributed by atoms with van der Waals surface area (Å²) in [6.45, 7) is 13.0. The molecule has 8 aromatic heterocycles. The molecule has 30 heteroatoms. The minimum atomic E-state index is -1.08. The fourth-order valence-electron chi connectivity index (χ4n) is 11.3. The number of rotatable bonds is 14. The predicted molar refractivity (Wildman–Crippen MR) is 440 cm³/mol. The number of aromatic amines is 2. The molecule has 0 saturated carbocycles. The lowest BCUT2D eigenvalue weighted by atomic mass is 9.88. The smallest absolute Gasteiger partial charge is 0.505 e. The first-order valence-corrected chi connectivity index (χ1v) is 35.1. The van der Waals surface area contributed by atoms with Gasteiger partial charge in [-0.1, -0.05) is 115 Å². The minimum absolute atomic E-state index is 0. The van der Waals surface area contributed by atoms with Gasteiger partial charge in [0.05, 0.1) is 22.3 Å². The molecule has 14 aromatic rings. The third kappa shape index (κ3) is 20.1. The summed E-state index contributed by atoms with van der Waals surface area (Å²) in [4.78, 5) is 98.6. The molecule has 6 N–H and O–H groups in total. The van der Waals surface area contributed by atoms with E-state index < -0.39 is 107 Å². The van der Waals surface area contributed by atoms with Crippen LogP contribution in [0, 0.1) is 23.3 Å². The van der Waals surface area contributed by atoms with Gasteiger partial charge in [0.2, 0.25) is 0 Å². The summed E-state index contributed by atoms with van der Waals surface area (Å²) in [5.74, 6) is -8.08. The standard InChI is InChI=1S/C26H24BFN2O5.C20H19BBrFN2O5.C20H13FN2O2.C14H8BrFN2O2.4CH4/c1-26(2,3)35-25(32)34-21-12-8-11-18(22(21)28)23(31)20-15-30(27(4)33)24-19(20)13-17(14-29-24)16-9-6-5-7-10-16;1-20(2,3)30-19(27)29-15-7-5-6-12(16(15)23)17(26)14-10-25(21(4)28)18-13(14)8-11(22)9-24-18;21-18-14(7-4-8-17(18)24)19(25)16-11-23-20-15(16)9-13(10-22-20)12-5-2-1-3-6-12;15-7-4-9-10(6-18-14(9)17-5-7)13(20)8-2-1-3-11(19)12(8)16;;;;/h5-15,33H,1-4H3;5-10,28H,1-4H3;1-11,24H,(H,22,23);1-6,19H,(H,17,18);4*1H4. The van der Waals surface area contributed by atoms with Gasteiger partial charge >= 0.3 is 26.4 Å². The lowest BCUT2D eigenvalue weighted by Crippen LogP contribution is -2.26. The van der Waals surface area contributed by atoms with E-state index in [4.69, 9.17) is 18.9 Å². The number of hydrogen-bond donors (Lipinski definition) is 6. The highest BCUT2D eigenvalue weighted by Crippen LogP contribution is 2.35. The monoisotopic (exact) mass is 1680 g/mol. The summed E-state index contributed by atoms with van der Waals surface area (Å²) in [5, 5.41) is 41.2. The van der Waals surface area contributed by atoms with E-state index in [1.807, 2.05) is 66.7 Å². The van der Waals surface area contributed by atoms with Crippen LogP contribution in [0.3, 0.4) is 0 Å². The molecule has 0 aliphatic heterocycles. The van der Waals surface area contributed by atoms with Crippen molar-refractivity contribution < 1.29 is 85.5 Å². The quantitative estimate of drug-likeness (QED) is 0.0194. The van der Waals surface area contributed by atoms with Crippen molar-refractivity contribution in [3.8, 4) is 45.3 Å². The topological polar surface area (TPSA) is 313 Å². The highest BCUT2D eigenvalue weighted by atomic mass is 79.9. The molecule has 22 nitrogen and oxygen atoms in total.